The predicted octanol–water partition coefficient (Wildman–Crippen LogP) is 3.73. The number of carbonyl (C=O) groups excluding carboxylic acids is 1. The molecule has 24 heavy (non-hydrogen) atoms. The number of rotatable bonds is 6. The fourth-order valence-electron chi connectivity index (χ4n) is 1.90. The number of thioether (sulfide) groups is 1. The lowest BCUT2D eigenvalue weighted by atomic mass is 10.2. The number of hydrogen-bond acceptors (Lipinski definition) is 6. The summed E-state index contributed by atoms with van der Waals surface area (Å²) in [6, 6.07) is 9.69. The molecule has 0 saturated carbocycles. The first-order valence-electron chi connectivity index (χ1n) is 7.18. The molecule has 5 nitrogen and oxygen atoms in total. The van der Waals surface area contributed by atoms with Gasteiger partial charge >= 0.3 is 0 Å². The van der Waals surface area contributed by atoms with Crippen molar-refractivity contribution < 1.29 is 13.6 Å². The van der Waals surface area contributed by atoms with E-state index in [1.165, 1.54) is 23.9 Å². The van der Waals surface area contributed by atoms with Gasteiger partial charge in [-0.3, -0.25) is 4.79 Å². The summed E-state index contributed by atoms with van der Waals surface area (Å²) in [4.78, 5) is 13.2. The molecule has 1 N–H and O–H groups in total. The maximum atomic E-state index is 12.9. The van der Waals surface area contributed by atoms with Crippen LogP contribution in [0.1, 0.15) is 11.8 Å². The van der Waals surface area contributed by atoms with E-state index in [4.69, 9.17) is 4.42 Å². The van der Waals surface area contributed by atoms with Crippen LogP contribution in [0.2, 0.25) is 0 Å². The summed E-state index contributed by atoms with van der Waals surface area (Å²) in [6.07, 6.45) is 0. The second kappa shape index (κ2) is 7.59. The van der Waals surface area contributed by atoms with E-state index in [-0.39, 0.29) is 17.0 Å². The van der Waals surface area contributed by atoms with Crippen molar-refractivity contribution in [1.29, 1.82) is 0 Å². The summed E-state index contributed by atoms with van der Waals surface area (Å²) in [6.45, 7) is 2.28. The second-order valence-corrected chi connectivity index (χ2v) is 7.26. The normalized spacial score (nSPS) is 12.1. The molecule has 1 atom stereocenters. The summed E-state index contributed by atoms with van der Waals surface area (Å²) in [5.41, 5.74) is 0.630. The van der Waals surface area contributed by atoms with Crippen LogP contribution in [0.5, 0.6) is 0 Å². The minimum Gasteiger partial charge on any atom is -0.411 e. The summed E-state index contributed by atoms with van der Waals surface area (Å²) in [5.74, 6) is -0.137. The number of halogens is 1. The lowest BCUT2D eigenvalue weighted by Crippen LogP contribution is -2.30. The maximum absolute atomic E-state index is 12.9. The zero-order valence-electron chi connectivity index (χ0n) is 12.7. The summed E-state index contributed by atoms with van der Waals surface area (Å²) in [5, 5.41) is 12.6. The minimum atomic E-state index is -0.369. The molecule has 2 heterocycles. The smallest absolute Gasteiger partial charge is 0.277 e. The van der Waals surface area contributed by atoms with Crippen LogP contribution in [0, 0.1) is 5.82 Å². The molecular formula is C16H14FN3O2S2. The van der Waals surface area contributed by atoms with Crippen molar-refractivity contribution >= 4 is 29.0 Å². The Bertz CT molecular complexity index is 803. The third-order valence-electron chi connectivity index (χ3n) is 3.16. The van der Waals surface area contributed by atoms with Crippen molar-refractivity contribution in [3.63, 3.8) is 0 Å². The summed E-state index contributed by atoms with van der Waals surface area (Å²) < 4.78 is 18.4. The van der Waals surface area contributed by atoms with Gasteiger partial charge in [0.05, 0.1) is 11.8 Å². The quantitative estimate of drug-likeness (QED) is 0.676. The monoisotopic (exact) mass is 363 g/mol. The molecule has 0 aliphatic heterocycles. The Hall–Kier alpha value is -2.19. The van der Waals surface area contributed by atoms with E-state index in [1.54, 1.807) is 30.4 Å². The Morgan fingerprint density at radius 1 is 1.33 bits per heavy atom. The standard InChI is InChI=1S/C16H14FN3O2S2/c1-10(14(21)18-9-13-3-2-8-23-13)24-16-20-19-15(22-16)11-4-6-12(17)7-5-11/h2-8,10H,9H2,1H3,(H,18,21)/t10-/m0/s1. The Kier molecular flexibility index (Phi) is 5.27. The van der Waals surface area contributed by atoms with Gasteiger partial charge in [-0.25, -0.2) is 4.39 Å². The molecule has 0 aliphatic carbocycles. The van der Waals surface area contributed by atoms with Crippen molar-refractivity contribution in [3.8, 4) is 11.5 Å². The zero-order valence-corrected chi connectivity index (χ0v) is 14.4. The first-order chi connectivity index (χ1) is 11.6. The van der Waals surface area contributed by atoms with Crippen LogP contribution in [0.4, 0.5) is 4.39 Å². The number of thiophene rings is 1. The van der Waals surface area contributed by atoms with E-state index in [2.05, 4.69) is 15.5 Å². The molecule has 8 heteroatoms. The van der Waals surface area contributed by atoms with Crippen LogP contribution in [0.3, 0.4) is 0 Å². The molecule has 3 rings (SSSR count). The molecule has 0 radical (unpaired) electrons. The molecule has 1 aromatic carbocycles. The SMILES string of the molecule is C[C@H](Sc1nnc(-c2ccc(F)cc2)o1)C(=O)NCc1cccs1. The third kappa shape index (κ3) is 4.21. The van der Waals surface area contributed by atoms with E-state index in [0.29, 0.717) is 23.2 Å². The van der Waals surface area contributed by atoms with Crippen LogP contribution in [0.15, 0.2) is 51.4 Å². The molecule has 2 aromatic heterocycles. The van der Waals surface area contributed by atoms with Crippen LogP contribution in [-0.4, -0.2) is 21.4 Å². The van der Waals surface area contributed by atoms with Gasteiger partial charge in [0.15, 0.2) is 0 Å². The van der Waals surface area contributed by atoms with Gasteiger partial charge in [-0.05, 0) is 42.6 Å². The van der Waals surface area contributed by atoms with Crippen LogP contribution >= 0.6 is 23.1 Å². The van der Waals surface area contributed by atoms with Crippen LogP contribution < -0.4 is 5.32 Å². The fraction of sp³-hybridized carbons (Fsp3) is 0.188. The zero-order chi connectivity index (χ0) is 16.9. The van der Waals surface area contributed by atoms with E-state index in [0.717, 1.165) is 4.88 Å². The molecule has 0 unspecified atom stereocenters. The largest absolute Gasteiger partial charge is 0.411 e. The summed E-state index contributed by atoms with van der Waals surface area (Å²) >= 11 is 2.78. The predicted molar refractivity (Wildman–Crippen MR) is 91.2 cm³/mol. The molecule has 0 aliphatic rings. The number of hydrogen-bond donors (Lipinski definition) is 1. The fourth-order valence-corrected chi connectivity index (χ4v) is 3.25. The number of nitrogens with one attached hydrogen (secondary N) is 1. The number of benzene rings is 1. The van der Waals surface area contributed by atoms with Crippen molar-refractivity contribution in [3.05, 3.63) is 52.5 Å². The van der Waals surface area contributed by atoms with Gasteiger partial charge in [0.25, 0.3) is 5.22 Å². The van der Waals surface area contributed by atoms with E-state index in [1.807, 2.05) is 17.5 Å². The van der Waals surface area contributed by atoms with Crippen LogP contribution in [0.25, 0.3) is 11.5 Å². The van der Waals surface area contributed by atoms with Crippen molar-refractivity contribution in [1.82, 2.24) is 15.5 Å². The van der Waals surface area contributed by atoms with Gasteiger partial charge in [0, 0.05) is 10.4 Å². The van der Waals surface area contributed by atoms with Gasteiger partial charge in [0.2, 0.25) is 11.8 Å². The van der Waals surface area contributed by atoms with Crippen molar-refractivity contribution in [2.45, 2.75) is 23.9 Å². The molecule has 1 amide bonds. The average Bonchev–Trinajstić information content (AvgIpc) is 3.25. The van der Waals surface area contributed by atoms with Gasteiger partial charge in [0.1, 0.15) is 5.82 Å². The lowest BCUT2D eigenvalue weighted by molar-refractivity contribution is -0.120. The van der Waals surface area contributed by atoms with Crippen molar-refractivity contribution in [2.75, 3.05) is 0 Å². The highest BCUT2D eigenvalue weighted by molar-refractivity contribution is 8.00. The Balaban J connectivity index is 1.57. The van der Waals surface area contributed by atoms with Gasteiger partial charge in [-0.15, -0.1) is 21.5 Å². The molecular weight excluding hydrogens is 349 g/mol. The molecule has 0 spiro atoms. The van der Waals surface area contributed by atoms with Gasteiger partial charge in [-0.1, -0.05) is 17.8 Å². The van der Waals surface area contributed by atoms with Gasteiger partial charge in [-0.2, -0.15) is 0 Å². The second-order valence-electron chi connectivity index (χ2n) is 4.94. The summed E-state index contributed by atoms with van der Waals surface area (Å²) in [7, 11) is 0. The number of carbonyl (C=O) groups is 1. The van der Waals surface area contributed by atoms with E-state index in [9.17, 15) is 9.18 Å². The highest BCUT2D eigenvalue weighted by Gasteiger charge is 2.18. The maximum Gasteiger partial charge on any atom is 0.277 e. The number of amides is 1. The Morgan fingerprint density at radius 3 is 2.83 bits per heavy atom. The average molecular weight is 363 g/mol. The van der Waals surface area contributed by atoms with E-state index >= 15 is 0 Å². The van der Waals surface area contributed by atoms with Gasteiger partial charge < -0.3 is 9.73 Å². The first-order valence-corrected chi connectivity index (χ1v) is 8.94. The number of nitrogens with zero attached hydrogens (tertiary/aromatic N) is 2. The molecule has 0 saturated heterocycles. The first kappa shape index (κ1) is 16.7. The minimum absolute atomic E-state index is 0.102. The highest BCUT2D eigenvalue weighted by atomic mass is 32.2. The third-order valence-corrected chi connectivity index (χ3v) is 4.97. The number of aromatic nitrogens is 2. The van der Waals surface area contributed by atoms with Crippen LogP contribution in [-0.2, 0) is 11.3 Å². The molecule has 3 aromatic rings. The Morgan fingerprint density at radius 2 is 2.12 bits per heavy atom. The highest BCUT2D eigenvalue weighted by Crippen LogP contribution is 2.26. The topological polar surface area (TPSA) is 68.0 Å². The Labute approximate surface area is 146 Å². The van der Waals surface area contributed by atoms with E-state index < -0.39 is 0 Å². The molecule has 124 valence electrons. The lowest BCUT2D eigenvalue weighted by Gasteiger charge is -2.08. The van der Waals surface area contributed by atoms with Crippen molar-refractivity contribution in [2.24, 2.45) is 0 Å². The molecule has 0 fully saturated rings. The molecule has 0 bridgehead atoms.